The van der Waals surface area contributed by atoms with Crippen molar-refractivity contribution in [3.8, 4) is 0 Å². The van der Waals surface area contributed by atoms with Crippen molar-refractivity contribution in [2.45, 2.75) is 46.6 Å². The number of hydrogen-bond acceptors (Lipinski definition) is 2. The highest BCUT2D eigenvalue weighted by atomic mass is 16.4. The number of aryl methyl sites for hydroxylation is 1. The summed E-state index contributed by atoms with van der Waals surface area (Å²) in [5.74, 6) is -0.647. The molecule has 1 aromatic heterocycles. The van der Waals surface area contributed by atoms with Crippen molar-refractivity contribution in [3.05, 3.63) is 22.5 Å². The summed E-state index contributed by atoms with van der Waals surface area (Å²) in [5.41, 5.74) is 1.81. The van der Waals surface area contributed by atoms with E-state index in [-0.39, 0.29) is 17.6 Å². The maximum Gasteiger partial charge on any atom is 0.352 e. The van der Waals surface area contributed by atoms with Crippen molar-refractivity contribution in [3.63, 3.8) is 0 Å². The van der Waals surface area contributed by atoms with Crippen LogP contribution in [-0.2, 0) is 0 Å². The molecule has 0 bridgehead atoms. The van der Waals surface area contributed by atoms with Crippen molar-refractivity contribution < 1.29 is 14.7 Å². The summed E-state index contributed by atoms with van der Waals surface area (Å²) in [6.45, 7) is 8.45. The molecular weight excluding hydrogens is 256 g/mol. The molecule has 2 heterocycles. The number of likely N-dealkylation sites (tertiary alicyclic amines) is 1. The number of amides is 1. The lowest BCUT2D eigenvalue weighted by atomic mass is 10.0. The van der Waals surface area contributed by atoms with Gasteiger partial charge in [0.15, 0.2) is 0 Å². The second-order valence-electron chi connectivity index (χ2n) is 5.88. The van der Waals surface area contributed by atoms with E-state index in [9.17, 15) is 9.59 Å². The van der Waals surface area contributed by atoms with Crippen LogP contribution in [0.3, 0.4) is 0 Å². The molecule has 1 amide bonds. The van der Waals surface area contributed by atoms with Gasteiger partial charge in [-0.25, -0.2) is 4.79 Å². The van der Waals surface area contributed by atoms with Crippen LogP contribution in [0.5, 0.6) is 0 Å². The number of nitrogens with zero attached hydrogens (tertiary/aromatic N) is 1. The largest absolute Gasteiger partial charge is 0.477 e. The first-order valence-electron chi connectivity index (χ1n) is 7.08. The molecule has 1 aliphatic rings. The van der Waals surface area contributed by atoms with Crippen LogP contribution in [0.2, 0.25) is 0 Å². The predicted octanol–water partition coefficient (Wildman–Crippen LogP) is 2.59. The van der Waals surface area contributed by atoms with Gasteiger partial charge in [-0.15, -0.1) is 0 Å². The minimum atomic E-state index is -1.02. The highest BCUT2D eigenvalue weighted by molar-refractivity contribution is 6.01. The van der Waals surface area contributed by atoms with Crippen LogP contribution in [-0.4, -0.2) is 39.5 Å². The Morgan fingerprint density at radius 3 is 2.50 bits per heavy atom. The molecular formula is C15H22N2O3. The third kappa shape index (κ3) is 2.32. The smallest absolute Gasteiger partial charge is 0.352 e. The lowest BCUT2D eigenvalue weighted by Crippen LogP contribution is -2.38. The van der Waals surface area contributed by atoms with Crippen LogP contribution in [0, 0.1) is 19.8 Å². The summed E-state index contributed by atoms with van der Waals surface area (Å²) < 4.78 is 0. The van der Waals surface area contributed by atoms with Gasteiger partial charge in [0.1, 0.15) is 5.69 Å². The first kappa shape index (κ1) is 14.6. The summed E-state index contributed by atoms with van der Waals surface area (Å²) in [7, 11) is 0. The van der Waals surface area contributed by atoms with Gasteiger partial charge >= 0.3 is 5.97 Å². The third-order valence-corrected chi connectivity index (χ3v) is 4.19. The van der Waals surface area contributed by atoms with Crippen LogP contribution >= 0.6 is 0 Å². The minimum absolute atomic E-state index is 0.0417. The van der Waals surface area contributed by atoms with E-state index in [4.69, 9.17) is 5.11 Å². The number of carbonyl (C=O) groups is 2. The number of H-pyrrole nitrogens is 1. The van der Waals surface area contributed by atoms with Gasteiger partial charge < -0.3 is 15.0 Å². The van der Waals surface area contributed by atoms with Crippen molar-refractivity contribution in [1.29, 1.82) is 0 Å². The van der Waals surface area contributed by atoms with E-state index < -0.39 is 5.97 Å². The zero-order chi connectivity index (χ0) is 15.0. The Labute approximate surface area is 119 Å². The first-order valence-corrected chi connectivity index (χ1v) is 7.08. The second-order valence-corrected chi connectivity index (χ2v) is 5.88. The Hall–Kier alpha value is -1.78. The molecule has 0 aliphatic carbocycles. The van der Waals surface area contributed by atoms with Crippen LogP contribution in [0.4, 0.5) is 0 Å². The Balaban J connectivity index is 2.37. The monoisotopic (exact) mass is 278 g/mol. The van der Waals surface area contributed by atoms with Crippen molar-refractivity contribution in [1.82, 2.24) is 9.88 Å². The highest BCUT2D eigenvalue weighted by Gasteiger charge is 2.34. The van der Waals surface area contributed by atoms with Crippen molar-refractivity contribution in [2.75, 3.05) is 6.54 Å². The summed E-state index contributed by atoms with van der Waals surface area (Å²) in [6.07, 6.45) is 2.04. The molecule has 5 heteroatoms. The predicted molar refractivity (Wildman–Crippen MR) is 76.1 cm³/mol. The summed E-state index contributed by atoms with van der Waals surface area (Å²) in [6, 6.07) is 0.254. The zero-order valence-electron chi connectivity index (χ0n) is 12.5. The average Bonchev–Trinajstić information content (AvgIpc) is 2.93. The molecule has 1 unspecified atom stereocenters. The first-order chi connectivity index (χ1) is 9.34. The van der Waals surface area contributed by atoms with Crippen LogP contribution < -0.4 is 0 Å². The number of rotatable bonds is 3. The van der Waals surface area contributed by atoms with E-state index in [0.717, 1.165) is 19.4 Å². The molecule has 2 rings (SSSR count). The van der Waals surface area contributed by atoms with Gasteiger partial charge in [-0.1, -0.05) is 13.8 Å². The Kier molecular flexibility index (Phi) is 3.88. The Morgan fingerprint density at radius 1 is 1.35 bits per heavy atom. The van der Waals surface area contributed by atoms with Gasteiger partial charge in [0.25, 0.3) is 5.91 Å². The normalized spacial score (nSPS) is 18.9. The SMILES string of the molecule is Cc1[nH]c(C(=O)O)c(C)c1C(=O)N1CCCC1C(C)C. The van der Waals surface area contributed by atoms with Gasteiger partial charge in [-0.3, -0.25) is 4.79 Å². The molecule has 20 heavy (non-hydrogen) atoms. The number of aromatic nitrogens is 1. The van der Waals surface area contributed by atoms with E-state index in [1.807, 2.05) is 4.90 Å². The number of carbonyl (C=O) groups excluding carboxylic acids is 1. The standard InChI is InChI=1S/C15H22N2O3/c1-8(2)11-6-5-7-17(11)14(18)12-9(3)13(15(19)20)16-10(12)4/h8,11,16H,5-7H2,1-4H3,(H,19,20). The number of hydrogen-bond donors (Lipinski definition) is 2. The fraction of sp³-hybridized carbons (Fsp3) is 0.600. The molecule has 1 aliphatic heterocycles. The van der Waals surface area contributed by atoms with Gasteiger partial charge in [0.2, 0.25) is 0 Å². The number of carboxylic acids is 1. The molecule has 0 saturated carbocycles. The number of carboxylic acid groups (broad SMARTS) is 1. The van der Waals surface area contributed by atoms with Crippen molar-refractivity contribution in [2.24, 2.45) is 5.92 Å². The van der Waals surface area contributed by atoms with E-state index in [2.05, 4.69) is 18.8 Å². The Morgan fingerprint density at radius 2 is 2.00 bits per heavy atom. The fourth-order valence-corrected chi connectivity index (χ4v) is 3.17. The van der Waals surface area contributed by atoms with Gasteiger partial charge in [0, 0.05) is 18.3 Å². The van der Waals surface area contributed by atoms with Gasteiger partial charge in [-0.05, 0) is 38.2 Å². The molecule has 5 nitrogen and oxygen atoms in total. The molecule has 0 aromatic carbocycles. The minimum Gasteiger partial charge on any atom is -0.477 e. The molecule has 1 fully saturated rings. The summed E-state index contributed by atoms with van der Waals surface area (Å²) in [5, 5.41) is 9.13. The quantitative estimate of drug-likeness (QED) is 0.892. The van der Waals surface area contributed by atoms with Gasteiger partial charge in [0.05, 0.1) is 5.56 Å². The van der Waals surface area contributed by atoms with E-state index in [1.54, 1.807) is 13.8 Å². The summed E-state index contributed by atoms with van der Waals surface area (Å²) in [4.78, 5) is 28.6. The molecule has 1 aromatic rings. The number of nitrogens with one attached hydrogen (secondary N) is 1. The third-order valence-electron chi connectivity index (χ3n) is 4.19. The molecule has 1 atom stereocenters. The molecule has 0 radical (unpaired) electrons. The van der Waals surface area contributed by atoms with E-state index in [1.165, 1.54) is 0 Å². The van der Waals surface area contributed by atoms with Crippen LogP contribution in [0.25, 0.3) is 0 Å². The van der Waals surface area contributed by atoms with Crippen molar-refractivity contribution >= 4 is 11.9 Å². The molecule has 1 saturated heterocycles. The number of aromatic carboxylic acids is 1. The molecule has 2 N–H and O–H groups in total. The van der Waals surface area contributed by atoms with Crippen LogP contribution in [0.1, 0.15) is 58.8 Å². The Bertz CT molecular complexity index is 546. The summed E-state index contributed by atoms with van der Waals surface area (Å²) >= 11 is 0. The van der Waals surface area contributed by atoms with Gasteiger partial charge in [-0.2, -0.15) is 0 Å². The lowest BCUT2D eigenvalue weighted by molar-refractivity contribution is 0.0689. The highest BCUT2D eigenvalue weighted by Crippen LogP contribution is 2.28. The second kappa shape index (κ2) is 5.31. The van der Waals surface area contributed by atoms with Crippen LogP contribution in [0.15, 0.2) is 0 Å². The van der Waals surface area contributed by atoms with E-state index >= 15 is 0 Å². The molecule has 0 spiro atoms. The average molecular weight is 278 g/mol. The molecule has 110 valence electrons. The topological polar surface area (TPSA) is 73.4 Å². The van der Waals surface area contributed by atoms with E-state index in [0.29, 0.717) is 22.7 Å². The lowest BCUT2D eigenvalue weighted by Gasteiger charge is -2.28. The fourth-order valence-electron chi connectivity index (χ4n) is 3.17. The maximum atomic E-state index is 12.8. The maximum absolute atomic E-state index is 12.8. The zero-order valence-corrected chi connectivity index (χ0v) is 12.5. The number of aromatic amines is 1.